The predicted octanol–water partition coefficient (Wildman–Crippen LogP) is 3.78. The molecule has 0 saturated heterocycles. The second kappa shape index (κ2) is 9.88. The fourth-order valence-electron chi connectivity index (χ4n) is 2.49. The van der Waals surface area contributed by atoms with Crippen molar-refractivity contribution in [1.82, 2.24) is 16.2 Å². The van der Waals surface area contributed by atoms with Crippen molar-refractivity contribution in [2.24, 2.45) is 0 Å². The smallest absolute Gasteiger partial charge is 0.269 e. The molecule has 0 unspecified atom stereocenters. The molecule has 0 saturated carbocycles. The normalized spacial score (nSPS) is 10.3. The van der Waals surface area contributed by atoms with Crippen molar-refractivity contribution in [3.8, 4) is 11.5 Å². The summed E-state index contributed by atoms with van der Waals surface area (Å²) in [5.74, 6) is -0.406. The first-order valence-corrected chi connectivity index (χ1v) is 10.5. The highest BCUT2D eigenvalue weighted by molar-refractivity contribution is 9.11. The van der Waals surface area contributed by atoms with Crippen LogP contribution in [0, 0.1) is 0 Å². The first kappa shape index (κ1) is 22.0. The quantitative estimate of drug-likeness (QED) is 0.290. The van der Waals surface area contributed by atoms with Crippen LogP contribution in [0.2, 0.25) is 0 Å². The number of hydrazine groups is 1. The van der Waals surface area contributed by atoms with Gasteiger partial charge in [-0.1, -0.05) is 28.1 Å². The van der Waals surface area contributed by atoms with Gasteiger partial charge in [0.1, 0.15) is 11.5 Å². The third-order valence-corrected chi connectivity index (χ3v) is 5.43. The van der Waals surface area contributed by atoms with Crippen molar-refractivity contribution < 1.29 is 19.4 Å². The number of ether oxygens (including phenoxy) is 1. The van der Waals surface area contributed by atoms with E-state index >= 15 is 0 Å². The van der Waals surface area contributed by atoms with Crippen molar-refractivity contribution in [1.29, 1.82) is 0 Å². The predicted molar refractivity (Wildman–Crippen MR) is 124 cm³/mol. The number of aromatic hydroxyl groups is 1. The Bertz CT molecular complexity index is 1120. The Kier molecular flexibility index (Phi) is 7.24. The molecule has 154 valence electrons. The van der Waals surface area contributed by atoms with Gasteiger partial charge in [-0.05, 0) is 81.4 Å². The van der Waals surface area contributed by atoms with Gasteiger partial charge in [0.05, 0.1) is 4.47 Å². The van der Waals surface area contributed by atoms with E-state index in [1.165, 1.54) is 24.3 Å². The van der Waals surface area contributed by atoms with Crippen molar-refractivity contribution in [3.63, 3.8) is 0 Å². The molecule has 0 fully saturated rings. The number of phenolic OH excluding ortho intramolecular Hbond substituents is 1. The summed E-state index contributed by atoms with van der Waals surface area (Å²) < 4.78 is 7.28. The molecule has 0 bridgehead atoms. The first-order valence-electron chi connectivity index (χ1n) is 8.53. The molecule has 3 aromatic rings. The van der Waals surface area contributed by atoms with Gasteiger partial charge in [0.15, 0.2) is 11.7 Å². The lowest BCUT2D eigenvalue weighted by Gasteiger charge is -2.13. The summed E-state index contributed by atoms with van der Waals surface area (Å²) in [6.07, 6.45) is 0. The van der Waals surface area contributed by atoms with Crippen LogP contribution in [-0.4, -0.2) is 28.6 Å². The van der Waals surface area contributed by atoms with Crippen LogP contribution in [0.5, 0.6) is 11.5 Å². The number of rotatable bonds is 4. The van der Waals surface area contributed by atoms with Crippen molar-refractivity contribution in [2.75, 3.05) is 6.61 Å². The standard InChI is InChI=1S/C20H15Br2N3O4S/c21-13-4-7-15-12(9-13)3-8-16(18(15)22)29-10-17(27)23-20(30)25-24-19(28)11-1-5-14(26)6-2-11/h1-9,26H,10H2,(H,24,28)(H2,23,25,27,30). The van der Waals surface area contributed by atoms with Gasteiger partial charge in [-0.2, -0.15) is 0 Å². The lowest BCUT2D eigenvalue weighted by Crippen LogP contribution is -2.49. The van der Waals surface area contributed by atoms with Crippen LogP contribution in [0.3, 0.4) is 0 Å². The fourth-order valence-corrected chi connectivity index (χ4v) is 3.64. The van der Waals surface area contributed by atoms with Crippen LogP contribution in [0.25, 0.3) is 10.8 Å². The van der Waals surface area contributed by atoms with E-state index in [1.54, 1.807) is 6.07 Å². The topological polar surface area (TPSA) is 99.7 Å². The molecule has 3 aromatic carbocycles. The Labute approximate surface area is 194 Å². The molecule has 0 spiro atoms. The van der Waals surface area contributed by atoms with Gasteiger partial charge in [-0.15, -0.1) is 0 Å². The molecular formula is C20H15Br2N3O4S. The Balaban J connectivity index is 1.49. The van der Waals surface area contributed by atoms with Gasteiger partial charge < -0.3 is 9.84 Å². The number of amides is 2. The van der Waals surface area contributed by atoms with Gasteiger partial charge in [-0.3, -0.25) is 25.8 Å². The zero-order valence-electron chi connectivity index (χ0n) is 15.2. The van der Waals surface area contributed by atoms with E-state index in [2.05, 4.69) is 48.0 Å². The minimum absolute atomic E-state index is 0.0493. The number of carbonyl (C=O) groups is 2. The molecule has 0 aliphatic heterocycles. The van der Waals surface area contributed by atoms with Crippen LogP contribution in [0.1, 0.15) is 10.4 Å². The van der Waals surface area contributed by atoms with Crippen molar-refractivity contribution in [2.45, 2.75) is 0 Å². The van der Waals surface area contributed by atoms with Crippen LogP contribution in [0.4, 0.5) is 0 Å². The number of benzene rings is 3. The third kappa shape index (κ3) is 5.68. The monoisotopic (exact) mass is 551 g/mol. The SMILES string of the molecule is O=C(COc1ccc2cc(Br)ccc2c1Br)NC(=S)NNC(=O)c1ccc(O)cc1. The molecule has 4 N–H and O–H groups in total. The highest BCUT2D eigenvalue weighted by Crippen LogP contribution is 2.34. The van der Waals surface area contributed by atoms with E-state index in [9.17, 15) is 14.7 Å². The average molecular weight is 553 g/mol. The molecule has 3 rings (SSSR count). The third-order valence-electron chi connectivity index (χ3n) is 3.91. The average Bonchev–Trinajstić information content (AvgIpc) is 2.72. The molecule has 0 aliphatic rings. The highest BCUT2D eigenvalue weighted by Gasteiger charge is 2.11. The molecule has 0 aromatic heterocycles. The molecule has 0 heterocycles. The molecule has 0 aliphatic carbocycles. The summed E-state index contributed by atoms with van der Waals surface area (Å²) in [5, 5.41) is 13.5. The molecule has 7 nitrogen and oxygen atoms in total. The van der Waals surface area contributed by atoms with Gasteiger partial charge in [-0.25, -0.2) is 0 Å². The summed E-state index contributed by atoms with van der Waals surface area (Å²) in [5.41, 5.74) is 5.10. The van der Waals surface area contributed by atoms with Crippen molar-refractivity contribution >= 4 is 71.8 Å². The number of thiocarbonyl (C=S) groups is 1. The fraction of sp³-hybridized carbons (Fsp3) is 0.0500. The summed E-state index contributed by atoms with van der Waals surface area (Å²) in [6, 6.07) is 15.2. The van der Waals surface area contributed by atoms with Crippen LogP contribution >= 0.6 is 44.1 Å². The lowest BCUT2D eigenvalue weighted by atomic mass is 10.1. The molecule has 10 heteroatoms. The minimum atomic E-state index is -0.491. The number of fused-ring (bicyclic) bond motifs is 1. The molecule has 0 radical (unpaired) electrons. The Hall–Kier alpha value is -2.69. The summed E-state index contributed by atoms with van der Waals surface area (Å²) in [7, 11) is 0. The molecule has 2 amide bonds. The van der Waals surface area contributed by atoms with E-state index in [1.807, 2.05) is 24.3 Å². The number of nitrogens with one attached hydrogen (secondary N) is 3. The first-order chi connectivity index (χ1) is 14.3. The van der Waals surface area contributed by atoms with E-state index in [-0.39, 0.29) is 17.5 Å². The second-order valence-corrected chi connectivity index (χ2v) is 8.15. The van der Waals surface area contributed by atoms with Crippen LogP contribution in [-0.2, 0) is 4.79 Å². The Morgan fingerprint density at radius 3 is 2.47 bits per heavy atom. The number of carbonyl (C=O) groups excluding carboxylic acids is 2. The van der Waals surface area contributed by atoms with Crippen molar-refractivity contribution in [3.05, 3.63) is 69.1 Å². The largest absolute Gasteiger partial charge is 0.508 e. The summed E-state index contributed by atoms with van der Waals surface area (Å²) >= 11 is 11.9. The Morgan fingerprint density at radius 1 is 1.00 bits per heavy atom. The van der Waals surface area contributed by atoms with Gasteiger partial charge in [0, 0.05) is 10.0 Å². The van der Waals surface area contributed by atoms with E-state index in [4.69, 9.17) is 17.0 Å². The maximum Gasteiger partial charge on any atom is 0.269 e. The van der Waals surface area contributed by atoms with E-state index < -0.39 is 11.8 Å². The maximum atomic E-state index is 12.1. The van der Waals surface area contributed by atoms with Crippen LogP contribution < -0.4 is 20.9 Å². The molecule has 0 atom stereocenters. The van der Waals surface area contributed by atoms with E-state index in [0.29, 0.717) is 11.3 Å². The van der Waals surface area contributed by atoms with Gasteiger partial charge in [0.2, 0.25) is 0 Å². The number of halogens is 2. The maximum absolute atomic E-state index is 12.1. The number of hydrogen-bond acceptors (Lipinski definition) is 5. The number of phenols is 1. The zero-order chi connectivity index (χ0) is 21.7. The molecule has 30 heavy (non-hydrogen) atoms. The highest BCUT2D eigenvalue weighted by atomic mass is 79.9. The minimum Gasteiger partial charge on any atom is -0.508 e. The number of hydrogen-bond donors (Lipinski definition) is 4. The van der Waals surface area contributed by atoms with E-state index in [0.717, 1.165) is 19.7 Å². The lowest BCUT2D eigenvalue weighted by molar-refractivity contribution is -0.121. The van der Waals surface area contributed by atoms with Gasteiger partial charge >= 0.3 is 0 Å². The van der Waals surface area contributed by atoms with Gasteiger partial charge in [0.25, 0.3) is 11.8 Å². The summed E-state index contributed by atoms with van der Waals surface area (Å²) in [6.45, 7) is -0.269. The second-order valence-electron chi connectivity index (χ2n) is 6.04. The zero-order valence-corrected chi connectivity index (χ0v) is 19.2. The Morgan fingerprint density at radius 2 is 1.73 bits per heavy atom. The summed E-state index contributed by atoms with van der Waals surface area (Å²) in [4.78, 5) is 24.0. The molecular weight excluding hydrogens is 538 g/mol. The van der Waals surface area contributed by atoms with Crippen LogP contribution in [0.15, 0.2) is 63.5 Å².